The van der Waals surface area contributed by atoms with Crippen LogP contribution in [0.15, 0.2) is 55.1 Å². The number of amides is 1. The van der Waals surface area contributed by atoms with E-state index in [0.717, 1.165) is 29.8 Å². The minimum Gasteiger partial charge on any atom is -0.493 e. The topological polar surface area (TPSA) is 62.2 Å². The van der Waals surface area contributed by atoms with E-state index in [9.17, 15) is 23.1 Å². The fraction of sp³-hybridized carbons (Fsp3) is 0.469. The normalized spacial score (nSPS) is 30.0. The minimum absolute atomic E-state index is 0.111. The monoisotopic (exact) mass is 568 g/mol. The Morgan fingerprint density at radius 2 is 2.10 bits per heavy atom. The minimum atomic E-state index is -4.46. The molecule has 1 amide bonds. The number of benzene rings is 2. The van der Waals surface area contributed by atoms with Crippen molar-refractivity contribution in [1.82, 2.24) is 9.80 Å². The van der Waals surface area contributed by atoms with E-state index in [0.29, 0.717) is 55.8 Å². The van der Waals surface area contributed by atoms with Crippen LogP contribution in [0.2, 0.25) is 0 Å². The van der Waals surface area contributed by atoms with Crippen molar-refractivity contribution in [3.63, 3.8) is 0 Å². The average molecular weight is 569 g/mol. The van der Waals surface area contributed by atoms with Crippen molar-refractivity contribution in [3.8, 4) is 11.5 Å². The first-order chi connectivity index (χ1) is 19.6. The lowest BCUT2D eigenvalue weighted by Gasteiger charge is -2.64. The highest BCUT2D eigenvalue weighted by Crippen LogP contribution is 2.66. The van der Waals surface area contributed by atoms with Crippen molar-refractivity contribution in [3.05, 3.63) is 77.4 Å². The summed E-state index contributed by atoms with van der Waals surface area (Å²) in [6.07, 6.45) is 2.05. The zero-order chi connectivity index (χ0) is 29.2. The van der Waals surface area contributed by atoms with E-state index in [1.165, 1.54) is 18.2 Å². The number of alkyl halides is 3. The Hall–Kier alpha value is -3.30. The van der Waals surface area contributed by atoms with Gasteiger partial charge < -0.3 is 19.5 Å². The second kappa shape index (κ2) is 9.91. The number of nitrogens with zero attached hydrogens (tertiary/aromatic N) is 2. The van der Waals surface area contributed by atoms with Gasteiger partial charge in [0.25, 0.3) is 0 Å². The van der Waals surface area contributed by atoms with E-state index in [-0.39, 0.29) is 18.0 Å². The molecule has 6 rings (SSSR count). The Morgan fingerprint density at radius 3 is 2.80 bits per heavy atom. The summed E-state index contributed by atoms with van der Waals surface area (Å²) < 4.78 is 52.0. The van der Waals surface area contributed by atoms with Gasteiger partial charge in [0.15, 0.2) is 11.5 Å². The molecule has 4 aliphatic rings. The molecule has 0 unspecified atom stereocenters. The Labute approximate surface area is 238 Å². The van der Waals surface area contributed by atoms with Crippen LogP contribution in [-0.2, 0) is 22.8 Å². The van der Waals surface area contributed by atoms with Gasteiger partial charge in [-0.05, 0) is 74.6 Å². The number of likely N-dealkylation sites (N-methyl/N-ethyl adjacent to an activating group) is 1. The first-order valence-corrected chi connectivity index (χ1v) is 14.2. The van der Waals surface area contributed by atoms with Crippen LogP contribution >= 0.6 is 0 Å². The van der Waals surface area contributed by atoms with E-state index in [1.807, 2.05) is 19.1 Å². The van der Waals surface area contributed by atoms with Crippen LogP contribution in [0.5, 0.6) is 11.5 Å². The molecule has 0 aromatic heterocycles. The van der Waals surface area contributed by atoms with Gasteiger partial charge in [-0.3, -0.25) is 9.69 Å². The summed E-state index contributed by atoms with van der Waals surface area (Å²) in [5.41, 5.74) is -0.103. The molecule has 1 saturated carbocycles. The predicted octanol–water partition coefficient (Wildman–Crippen LogP) is 4.98. The highest BCUT2D eigenvalue weighted by Gasteiger charge is 2.73. The number of piperidine rings is 1. The molecule has 2 aliphatic carbocycles. The first kappa shape index (κ1) is 27.8. The lowest BCUT2D eigenvalue weighted by molar-refractivity contribution is -0.199. The van der Waals surface area contributed by atoms with E-state index < -0.39 is 28.9 Å². The molecular formula is C32H35F3N2O4. The van der Waals surface area contributed by atoms with Gasteiger partial charge in [0.05, 0.1) is 29.7 Å². The summed E-state index contributed by atoms with van der Waals surface area (Å²) in [5, 5.41) is 12.6. The molecule has 2 aromatic carbocycles. The van der Waals surface area contributed by atoms with Crippen LogP contribution in [0.1, 0.15) is 48.4 Å². The van der Waals surface area contributed by atoms with Crippen molar-refractivity contribution in [2.45, 2.75) is 68.0 Å². The van der Waals surface area contributed by atoms with Gasteiger partial charge in [0, 0.05) is 30.8 Å². The average Bonchev–Trinajstić information content (AvgIpc) is 3.30. The number of halogens is 3. The maximum Gasteiger partial charge on any atom is 0.416 e. The van der Waals surface area contributed by atoms with Gasteiger partial charge in [-0.15, -0.1) is 6.58 Å². The SMILES string of the molecule is C=CCN1CC[C@]23c4c5ccc(OC)c4O[C@H]2[C@@H](N(CC)C(=O)C=Cc2cccc(C(F)(F)F)c2)CC[C@@]3(O)[C@H]1C5. The van der Waals surface area contributed by atoms with E-state index in [2.05, 4.69) is 17.5 Å². The zero-order valence-electron chi connectivity index (χ0n) is 23.3. The Balaban J connectivity index is 1.37. The third-order valence-electron chi connectivity index (χ3n) is 9.77. The second-order valence-electron chi connectivity index (χ2n) is 11.5. The highest BCUT2D eigenvalue weighted by molar-refractivity contribution is 5.92. The number of aliphatic hydroxyl groups is 1. The molecule has 6 nitrogen and oxygen atoms in total. The standard InChI is InChI=1S/C32H35F3N2O4/c1-4-16-36-17-15-30-27-21-10-11-24(40-3)28(27)41-29(30)23(13-14-31(30,39)25(36)19-21)37(5-2)26(38)12-9-20-7-6-8-22(18-20)32(33,34)35/h4,6-12,18,23,25,29,39H,1,5,13-17,19H2,2-3H3/t23-,25+,29-,30-,31+/m0/s1. The molecule has 2 heterocycles. The van der Waals surface area contributed by atoms with Gasteiger partial charge in [-0.25, -0.2) is 0 Å². The van der Waals surface area contributed by atoms with Crippen molar-refractivity contribution in [2.24, 2.45) is 0 Å². The maximum absolute atomic E-state index is 13.6. The fourth-order valence-electron chi connectivity index (χ4n) is 8.09. The molecule has 1 spiro atoms. The van der Waals surface area contributed by atoms with Crippen molar-refractivity contribution in [1.29, 1.82) is 0 Å². The number of likely N-dealkylation sites (tertiary alicyclic amines) is 1. The summed E-state index contributed by atoms with van der Waals surface area (Å²) in [4.78, 5) is 17.7. The molecular weight excluding hydrogens is 533 g/mol. The molecule has 9 heteroatoms. The van der Waals surface area contributed by atoms with Crippen LogP contribution in [0.3, 0.4) is 0 Å². The summed E-state index contributed by atoms with van der Waals surface area (Å²) in [5.74, 6) is 0.957. The predicted molar refractivity (Wildman–Crippen MR) is 149 cm³/mol. The summed E-state index contributed by atoms with van der Waals surface area (Å²) in [6, 6.07) is 8.44. The number of rotatable bonds is 7. The van der Waals surface area contributed by atoms with Crippen molar-refractivity contribution < 1.29 is 32.5 Å². The van der Waals surface area contributed by atoms with Crippen LogP contribution in [0.25, 0.3) is 6.08 Å². The van der Waals surface area contributed by atoms with Crippen LogP contribution in [-0.4, -0.2) is 71.3 Å². The van der Waals surface area contributed by atoms with E-state index in [4.69, 9.17) is 9.47 Å². The first-order valence-electron chi connectivity index (χ1n) is 14.2. The van der Waals surface area contributed by atoms with Crippen molar-refractivity contribution in [2.75, 3.05) is 26.7 Å². The summed E-state index contributed by atoms with van der Waals surface area (Å²) in [6.45, 7) is 7.64. The number of hydrogen-bond donors (Lipinski definition) is 1. The lowest BCUT2D eigenvalue weighted by Crippen LogP contribution is -2.78. The zero-order valence-corrected chi connectivity index (χ0v) is 23.3. The molecule has 2 aromatic rings. The highest BCUT2D eigenvalue weighted by atomic mass is 19.4. The smallest absolute Gasteiger partial charge is 0.416 e. The maximum atomic E-state index is 13.6. The molecule has 41 heavy (non-hydrogen) atoms. The molecule has 2 aliphatic heterocycles. The van der Waals surface area contributed by atoms with Gasteiger partial charge in [0.2, 0.25) is 5.91 Å². The van der Waals surface area contributed by atoms with Crippen LogP contribution in [0, 0.1) is 0 Å². The number of hydrogen-bond acceptors (Lipinski definition) is 5. The number of methoxy groups -OCH3 is 1. The molecule has 2 fully saturated rings. The molecule has 2 bridgehead atoms. The third-order valence-corrected chi connectivity index (χ3v) is 9.77. The Bertz CT molecular complexity index is 1410. The summed E-state index contributed by atoms with van der Waals surface area (Å²) >= 11 is 0. The molecule has 218 valence electrons. The van der Waals surface area contributed by atoms with Gasteiger partial charge in [-0.1, -0.05) is 24.3 Å². The fourth-order valence-corrected chi connectivity index (χ4v) is 8.09. The largest absolute Gasteiger partial charge is 0.493 e. The molecule has 0 radical (unpaired) electrons. The number of carbonyl (C=O) groups excluding carboxylic acids is 1. The van der Waals surface area contributed by atoms with Gasteiger partial charge >= 0.3 is 6.18 Å². The van der Waals surface area contributed by atoms with Crippen molar-refractivity contribution >= 4 is 12.0 Å². The van der Waals surface area contributed by atoms with Gasteiger partial charge in [-0.2, -0.15) is 13.2 Å². The third kappa shape index (κ3) is 4.03. The van der Waals surface area contributed by atoms with E-state index in [1.54, 1.807) is 18.1 Å². The summed E-state index contributed by atoms with van der Waals surface area (Å²) in [7, 11) is 1.60. The Morgan fingerprint density at radius 1 is 1.29 bits per heavy atom. The molecule has 5 atom stereocenters. The van der Waals surface area contributed by atoms with Crippen LogP contribution in [0.4, 0.5) is 13.2 Å². The second-order valence-corrected chi connectivity index (χ2v) is 11.5. The quantitative estimate of drug-likeness (QED) is 0.377. The van der Waals surface area contributed by atoms with Crippen LogP contribution < -0.4 is 9.47 Å². The molecule has 1 saturated heterocycles. The van der Waals surface area contributed by atoms with E-state index >= 15 is 0 Å². The lowest BCUT2D eigenvalue weighted by atomic mass is 9.48. The number of carbonyl (C=O) groups is 1. The van der Waals surface area contributed by atoms with Gasteiger partial charge in [0.1, 0.15) is 6.10 Å². The Kier molecular flexibility index (Phi) is 6.73. The molecule has 1 N–H and O–H groups in total. The number of ether oxygens (including phenoxy) is 2.